The third-order valence-electron chi connectivity index (χ3n) is 16.7. The molecule has 3 aliphatic heterocycles. The van der Waals surface area contributed by atoms with Crippen molar-refractivity contribution in [1.29, 1.82) is 0 Å². The van der Waals surface area contributed by atoms with E-state index in [4.69, 9.17) is 28.4 Å². The van der Waals surface area contributed by atoms with E-state index in [1.54, 1.807) is 6.08 Å². The largest absolute Gasteiger partial charge is 0.394 e. The first-order valence-corrected chi connectivity index (χ1v) is 33.2. The lowest BCUT2D eigenvalue weighted by molar-refractivity contribution is -0.379. The number of nitrogens with one attached hydrogen (secondary N) is 1. The van der Waals surface area contributed by atoms with Gasteiger partial charge in [0, 0.05) is 6.42 Å². The SMILES string of the molecule is CCCC/C=C/CC/C=C/C(O)C(COC1OC(CO)C(OC2OC(CO)C(OC3OC(CO)C(O)C(O)C3O)C(O)C2O)C(O)C1O)NC(=O)CCCCCCCCCCCCCCCCCCCCC/C=C\CCCCCCCCCC. The van der Waals surface area contributed by atoms with E-state index >= 15 is 0 Å². The van der Waals surface area contributed by atoms with Gasteiger partial charge in [-0.25, -0.2) is 0 Å². The number of hydrogen-bond donors (Lipinski definition) is 12. The number of ether oxygens (including phenoxy) is 6. The highest BCUT2D eigenvalue weighted by molar-refractivity contribution is 5.76. The molecule has 12 N–H and O–H groups in total. The molecule has 3 rings (SSSR count). The molecule has 492 valence electrons. The van der Waals surface area contributed by atoms with Crippen LogP contribution in [-0.4, -0.2) is 193 Å². The maximum atomic E-state index is 13.3. The normalized spacial score (nSPS) is 29.4. The highest BCUT2D eigenvalue weighted by Crippen LogP contribution is 2.33. The third-order valence-corrected chi connectivity index (χ3v) is 16.7. The molecular formula is C65H119NO18. The molecule has 0 aromatic carbocycles. The van der Waals surface area contributed by atoms with Gasteiger partial charge in [-0.1, -0.05) is 217 Å². The predicted octanol–water partition coefficient (Wildman–Crippen LogP) is 7.66. The first-order chi connectivity index (χ1) is 40.8. The molecule has 0 saturated carbocycles. The van der Waals surface area contributed by atoms with Gasteiger partial charge >= 0.3 is 0 Å². The van der Waals surface area contributed by atoms with E-state index in [2.05, 4.69) is 43.5 Å². The average Bonchev–Trinajstić information content (AvgIpc) is 2.99. The van der Waals surface area contributed by atoms with Crippen LogP contribution >= 0.6 is 0 Å². The Morgan fingerprint density at radius 3 is 1.23 bits per heavy atom. The molecule has 19 heteroatoms. The smallest absolute Gasteiger partial charge is 0.220 e. The lowest BCUT2D eigenvalue weighted by Gasteiger charge is -2.48. The molecular weight excluding hydrogens is 1080 g/mol. The summed E-state index contributed by atoms with van der Waals surface area (Å²) in [6.45, 7) is 1.63. The molecule has 0 spiro atoms. The van der Waals surface area contributed by atoms with Crippen molar-refractivity contribution >= 4 is 5.91 Å². The number of unbranched alkanes of at least 4 members (excludes halogenated alkanes) is 30. The maximum absolute atomic E-state index is 13.3. The van der Waals surface area contributed by atoms with Gasteiger partial charge in [-0.15, -0.1) is 0 Å². The Morgan fingerprint density at radius 1 is 0.417 bits per heavy atom. The second kappa shape index (κ2) is 47.9. The summed E-state index contributed by atoms with van der Waals surface area (Å²) in [4.78, 5) is 13.3. The van der Waals surface area contributed by atoms with E-state index in [1.165, 1.54) is 161 Å². The number of carbonyl (C=O) groups is 1. The molecule has 0 aliphatic carbocycles. The van der Waals surface area contributed by atoms with Gasteiger partial charge in [0.25, 0.3) is 0 Å². The number of rotatable bonds is 50. The van der Waals surface area contributed by atoms with Gasteiger partial charge in [0.2, 0.25) is 5.91 Å². The Morgan fingerprint density at radius 2 is 0.774 bits per heavy atom. The van der Waals surface area contributed by atoms with Crippen LogP contribution in [0, 0.1) is 0 Å². The van der Waals surface area contributed by atoms with Crippen molar-refractivity contribution in [3.63, 3.8) is 0 Å². The van der Waals surface area contributed by atoms with Crippen LogP contribution in [0.3, 0.4) is 0 Å². The highest BCUT2D eigenvalue weighted by Gasteiger charge is 2.53. The first-order valence-electron chi connectivity index (χ1n) is 33.2. The number of amides is 1. The molecule has 0 aromatic rings. The fourth-order valence-electron chi connectivity index (χ4n) is 11.2. The number of allylic oxidation sites excluding steroid dienone is 5. The Hall–Kier alpha value is -1.99. The minimum Gasteiger partial charge on any atom is -0.394 e. The van der Waals surface area contributed by atoms with Crippen molar-refractivity contribution in [3.05, 3.63) is 36.5 Å². The minimum absolute atomic E-state index is 0.238. The van der Waals surface area contributed by atoms with Crippen LogP contribution < -0.4 is 5.32 Å². The molecule has 17 unspecified atom stereocenters. The summed E-state index contributed by atoms with van der Waals surface area (Å²) < 4.78 is 34.2. The highest BCUT2D eigenvalue weighted by atomic mass is 16.8. The number of carbonyl (C=O) groups excluding carboxylic acids is 1. The van der Waals surface area contributed by atoms with Gasteiger partial charge in [0.05, 0.1) is 38.6 Å². The summed E-state index contributed by atoms with van der Waals surface area (Å²) in [5.41, 5.74) is 0. The van der Waals surface area contributed by atoms with Gasteiger partial charge in [0.1, 0.15) is 73.2 Å². The van der Waals surface area contributed by atoms with Gasteiger partial charge < -0.3 is 89.9 Å². The molecule has 84 heavy (non-hydrogen) atoms. The molecule has 1 amide bonds. The zero-order chi connectivity index (χ0) is 61.2. The van der Waals surface area contributed by atoms with Crippen molar-refractivity contribution in [1.82, 2.24) is 5.32 Å². The molecule has 19 nitrogen and oxygen atoms in total. The van der Waals surface area contributed by atoms with Crippen molar-refractivity contribution in [2.24, 2.45) is 0 Å². The number of aliphatic hydroxyl groups is 11. The van der Waals surface area contributed by atoms with Crippen molar-refractivity contribution in [3.8, 4) is 0 Å². The molecule has 3 aliphatic rings. The summed E-state index contributed by atoms with van der Waals surface area (Å²) in [5, 5.41) is 120. The Bertz CT molecular complexity index is 1670. The standard InChI is InChI=1S/C65H119NO18/c1-3-5-7-9-11-13-14-15-16-17-18-19-20-21-22-23-24-25-26-27-28-29-30-31-32-33-34-35-37-39-41-43-53(71)66-48(49(70)42-40-38-36-12-10-8-6-4-2)47-79-63-59(77)56(74)61(51(45-68)81-63)84-65-60(78)57(75)62(52(46-69)82-65)83-64-58(76)55(73)54(72)50(44-67)80-64/h10,12,17-18,40,42,48-52,54-65,67-70,72-78H,3-9,11,13-16,19-39,41,43-47H2,1-2H3,(H,66,71)/b12-10+,18-17-,42-40+. The topological polar surface area (TPSA) is 307 Å². The zero-order valence-corrected chi connectivity index (χ0v) is 51.6. The van der Waals surface area contributed by atoms with E-state index in [0.717, 1.165) is 44.9 Å². The Balaban J connectivity index is 1.33. The van der Waals surface area contributed by atoms with Crippen LogP contribution in [0.5, 0.6) is 0 Å². The van der Waals surface area contributed by atoms with Crippen LogP contribution in [-0.2, 0) is 33.2 Å². The Kier molecular flexibility index (Phi) is 43.5. The quantitative estimate of drug-likeness (QED) is 0.0205. The lowest BCUT2D eigenvalue weighted by atomic mass is 9.96. The molecule has 0 radical (unpaired) electrons. The van der Waals surface area contributed by atoms with Crippen molar-refractivity contribution < 1.29 is 89.4 Å². The Labute approximate surface area is 504 Å². The van der Waals surface area contributed by atoms with Gasteiger partial charge in [0.15, 0.2) is 18.9 Å². The van der Waals surface area contributed by atoms with Crippen molar-refractivity contribution in [2.45, 2.75) is 343 Å². The van der Waals surface area contributed by atoms with Gasteiger partial charge in [-0.3, -0.25) is 4.79 Å². The van der Waals surface area contributed by atoms with Crippen LogP contribution in [0.1, 0.15) is 239 Å². The molecule has 0 bridgehead atoms. The van der Waals surface area contributed by atoms with Crippen LogP contribution in [0.4, 0.5) is 0 Å². The van der Waals surface area contributed by atoms with E-state index < -0.39 is 124 Å². The zero-order valence-electron chi connectivity index (χ0n) is 51.6. The molecule has 3 heterocycles. The summed E-state index contributed by atoms with van der Waals surface area (Å²) in [6, 6.07) is -0.985. The predicted molar refractivity (Wildman–Crippen MR) is 323 cm³/mol. The molecule has 17 atom stereocenters. The van der Waals surface area contributed by atoms with Gasteiger partial charge in [-0.2, -0.15) is 0 Å². The van der Waals surface area contributed by atoms with E-state index in [9.17, 15) is 61.0 Å². The maximum Gasteiger partial charge on any atom is 0.220 e. The minimum atomic E-state index is -1.98. The van der Waals surface area contributed by atoms with Crippen molar-refractivity contribution in [2.75, 3.05) is 26.4 Å². The van der Waals surface area contributed by atoms with E-state index in [0.29, 0.717) is 12.8 Å². The fourth-order valence-corrected chi connectivity index (χ4v) is 11.2. The van der Waals surface area contributed by atoms with Crippen LogP contribution in [0.25, 0.3) is 0 Å². The number of aliphatic hydroxyl groups excluding tert-OH is 11. The fraction of sp³-hybridized carbons (Fsp3) is 0.892. The second-order valence-electron chi connectivity index (χ2n) is 23.9. The summed E-state index contributed by atoms with van der Waals surface area (Å²) in [5.74, 6) is -0.287. The van der Waals surface area contributed by atoms with Crippen LogP contribution in [0.2, 0.25) is 0 Å². The summed E-state index contributed by atoms with van der Waals surface area (Å²) in [7, 11) is 0. The van der Waals surface area contributed by atoms with E-state index in [1.807, 2.05) is 6.08 Å². The summed E-state index contributed by atoms with van der Waals surface area (Å²) in [6.07, 6.45) is 27.7. The van der Waals surface area contributed by atoms with Gasteiger partial charge in [-0.05, 0) is 51.4 Å². The van der Waals surface area contributed by atoms with E-state index in [-0.39, 0.29) is 18.9 Å². The number of hydrogen-bond acceptors (Lipinski definition) is 18. The van der Waals surface area contributed by atoms with Crippen LogP contribution in [0.15, 0.2) is 36.5 Å². The molecule has 3 saturated heterocycles. The molecule has 3 fully saturated rings. The lowest BCUT2D eigenvalue weighted by Crippen LogP contribution is -2.66. The summed E-state index contributed by atoms with van der Waals surface area (Å²) >= 11 is 0. The third kappa shape index (κ3) is 30.5. The monoisotopic (exact) mass is 1200 g/mol. The average molecular weight is 1200 g/mol. The second-order valence-corrected chi connectivity index (χ2v) is 23.9. The molecule has 0 aromatic heterocycles. The first kappa shape index (κ1) is 76.3.